The van der Waals surface area contributed by atoms with E-state index >= 15 is 0 Å². The number of hydrogen-bond donors (Lipinski definition) is 0. The number of ether oxygens (including phenoxy) is 1. The fraction of sp³-hybridized carbons (Fsp3) is 0.235. The largest absolute Gasteiger partial charge is 0.450 e. The fourth-order valence-electron chi connectivity index (χ4n) is 2.81. The molecular formula is C17H15ClO2. The highest BCUT2D eigenvalue weighted by Gasteiger charge is 2.42. The first-order valence-electron chi connectivity index (χ1n) is 6.57. The van der Waals surface area contributed by atoms with E-state index in [0.717, 1.165) is 16.7 Å². The second-order valence-corrected chi connectivity index (χ2v) is 5.86. The number of cyclic esters (lactones) is 1. The van der Waals surface area contributed by atoms with Gasteiger partial charge in [0.2, 0.25) is 0 Å². The van der Waals surface area contributed by atoms with Gasteiger partial charge in [0.25, 0.3) is 0 Å². The van der Waals surface area contributed by atoms with Crippen molar-refractivity contribution in [3.05, 3.63) is 69.7 Å². The number of carbonyl (C=O) groups excluding carboxylic acids is 1. The van der Waals surface area contributed by atoms with Crippen molar-refractivity contribution in [3.8, 4) is 0 Å². The Kier molecular flexibility index (Phi) is 3.06. The van der Waals surface area contributed by atoms with Crippen molar-refractivity contribution in [1.29, 1.82) is 0 Å². The van der Waals surface area contributed by atoms with Gasteiger partial charge in [-0.2, -0.15) is 0 Å². The van der Waals surface area contributed by atoms with Crippen LogP contribution in [0.15, 0.2) is 42.5 Å². The summed E-state index contributed by atoms with van der Waals surface area (Å²) < 4.78 is 5.66. The normalized spacial score (nSPS) is 20.6. The van der Waals surface area contributed by atoms with E-state index in [9.17, 15) is 4.79 Å². The van der Waals surface area contributed by atoms with Gasteiger partial charge in [0.15, 0.2) is 0 Å². The summed E-state index contributed by atoms with van der Waals surface area (Å²) in [6, 6.07) is 13.5. The zero-order valence-electron chi connectivity index (χ0n) is 11.4. The van der Waals surface area contributed by atoms with E-state index in [0.29, 0.717) is 17.0 Å². The highest BCUT2D eigenvalue weighted by Crippen LogP contribution is 2.40. The lowest BCUT2D eigenvalue weighted by atomic mass is 9.87. The van der Waals surface area contributed by atoms with Crippen molar-refractivity contribution >= 4 is 17.6 Å². The Balaban J connectivity index is 2.01. The number of benzene rings is 2. The summed E-state index contributed by atoms with van der Waals surface area (Å²) in [6.07, 6.45) is 0.645. The molecular weight excluding hydrogens is 272 g/mol. The molecule has 0 fully saturated rings. The van der Waals surface area contributed by atoms with Gasteiger partial charge in [0.05, 0.1) is 5.56 Å². The Morgan fingerprint density at radius 3 is 2.55 bits per heavy atom. The van der Waals surface area contributed by atoms with Crippen molar-refractivity contribution in [3.63, 3.8) is 0 Å². The van der Waals surface area contributed by atoms with Crippen LogP contribution >= 0.6 is 11.6 Å². The summed E-state index contributed by atoms with van der Waals surface area (Å²) in [6.45, 7) is 3.90. The maximum absolute atomic E-state index is 12.1. The quantitative estimate of drug-likeness (QED) is 0.770. The van der Waals surface area contributed by atoms with E-state index < -0.39 is 5.60 Å². The molecule has 0 radical (unpaired) electrons. The third-order valence-electron chi connectivity index (χ3n) is 3.82. The third kappa shape index (κ3) is 2.10. The topological polar surface area (TPSA) is 26.3 Å². The van der Waals surface area contributed by atoms with Crippen molar-refractivity contribution in [2.45, 2.75) is 25.9 Å². The van der Waals surface area contributed by atoms with Gasteiger partial charge in [0.1, 0.15) is 5.60 Å². The minimum absolute atomic E-state index is 0.227. The number of rotatable bonds is 2. The molecule has 1 unspecified atom stereocenters. The molecule has 1 heterocycles. The van der Waals surface area contributed by atoms with Gasteiger partial charge >= 0.3 is 5.97 Å². The Labute approximate surface area is 123 Å². The molecule has 1 atom stereocenters. The summed E-state index contributed by atoms with van der Waals surface area (Å²) in [5, 5.41) is 0.707. The molecule has 0 amide bonds. The zero-order valence-corrected chi connectivity index (χ0v) is 12.2. The molecule has 2 aromatic carbocycles. The highest BCUT2D eigenvalue weighted by molar-refractivity contribution is 6.30. The van der Waals surface area contributed by atoms with Gasteiger partial charge in [-0.15, -0.1) is 0 Å². The number of halogens is 1. The van der Waals surface area contributed by atoms with Crippen LogP contribution in [0.2, 0.25) is 5.02 Å². The summed E-state index contributed by atoms with van der Waals surface area (Å²) in [5.41, 5.74) is 3.14. The minimum Gasteiger partial charge on any atom is -0.450 e. The second-order valence-electron chi connectivity index (χ2n) is 5.42. The lowest BCUT2D eigenvalue weighted by Gasteiger charge is -2.24. The number of hydrogen-bond acceptors (Lipinski definition) is 2. The van der Waals surface area contributed by atoms with Gasteiger partial charge in [-0.05, 0) is 37.1 Å². The minimum atomic E-state index is -0.605. The Hall–Kier alpha value is -1.80. The van der Waals surface area contributed by atoms with Gasteiger partial charge in [0, 0.05) is 17.0 Å². The molecule has 0 saturated heterocycles. The van der Waals surface area contributed by atoms with Gasteiger partial charge in [-0.25, -0.2) is 4.79 Å². The monoisotopic (exact) mass is 286 g/mol. The Bertz CT molecular complexity index is 676. The molecule has 1 aliphatic heterocycles. The van der Waals surface area contributed by atoms with Crippen LogP contribution in [-0.2, 0) is 16.8 Å². The molecule has 2 nitrogen and oxygen atoms in total. The third-order valence-corrected chi connectivity index (χ3v) is 4.07. The van der Waals surface area contributed by atoms with E-state index in [4.69, 9.17) is 16.3 Å². The molecule has 0 saturated carbocycles. The summed E-state index contributed by atoms with van der Waals surface area (Å²) in [4.78, 5) is 12.1. The molecule has 0 N–H and O–H groups in total. The van der Waals surface area contributed by atoms with E-state index in [1.807, 2.05) is 56.3 Å². The first kappa shape index (κ1) is 13.2. The lowest BCUT2D eigenvalue weighted by molar-refractivity contribution is 0.00117. The molecule has 3 heteroatoms. The molecule has 0 bridgehead atoms. The predicted octanol–water partition coefficient (Wildman–Crippen LogP) is 4.28. The van der Waals surface area contributed by atoms with Crippen LogP contribution < -0.4 is 0 Å². The van der Waals surface area contributed by atoms with Crippen LogP contribution in [0.25, 0.3) is 0 Å². The molecule has 2 aromatic rings. The van der Waals surface area contributed by atoms with Crippen molar-refractivity contribution < 1.29 is 9.53 Å². The van der Waals surface area contributed by atoms with E-state index in [1.165, 1.54) is 0 Å². The Morgan fingerprint density at radius 1 is 1.15 bits per heavy atom. The van der Waals surface area contributed by atoms with Crippen LogP contribution in [0.1, 0.15) is 34.0 Å². The smallest absolute Gasteiger partial charge is 0.339 e. The first-order chi connectivity index (χ1) is 9.49. The summed E-state index contributed by atoms with van der Waals surface area (Å²) in [5.74, 6) is -0.227. The van der Waals surface area contributed by atoms with Crippen LogP contribution in [-0.4, -0.2) is 5.97 Å². The van der Waals surface area contributed by atoms with Crippen LogP contribution in [0, 0.1) is 6.92 Å². The number of carbonyl (C=O) groups is 1. The molecule has 20 heavy (non-hydrogen) atoms. The lowest BCUT2D eigenvalue weighted by Crippen LogP contribution is -2.24. The van der Waals surface area contributed by atoms with Crippen LogP contribution in [0.4, 0.5) is 0 Å². The molecule has 102 valence electrons. The number of esters is 1. The maximum Gasteiger partial charge on any atom is 0.339 e. The molecule has 0 aromatic heterocycles. The van der Waals surface area contributed by atoms with E-state index in [1.54, 1.807) is 0 Å². The predicted molar refractivity (Wildman–Crippen MR) is 79.1 cm³/mol. The number of aryl methyl sites for hydroxylation is 1. The Morgan fingerprint density at radius 2 is 1.85 bits per heavy atom. The van der Waals surface area contributed by atoms with Gasteiger partial charge in [-0.1, -0.05) is 41.9 Å². The average molecular weight is 287 g/mol. The van der Waals surface area contributed by atoms with E-state index in [2.05, 4.69) is 0 Å². The number of fused-ring (bicyclic) bond motifs is 1. The fourth-order valence-corrected chi connectivity index (χ4v) is 2.94. The molecule has 0 aliphatic carbocycles. The second kappa shape index (κ2) is 4.64. The summed E-state index contributed by atoms with van der Waals surface area (Å²) >= 11 is 5.90. The van der Waals surface area contributed by atoms with Gasteiger partial charge in [-0.3, -0.25) is 0 Å². The first-order valence-corrected chi connectivity index (χ1v) is 6.95. The molecule has 0 spiro atoms. The van der Waals surface area contributed by atoms with Crippen molar-refractivity contribution in [1.82, 2.24) is 0 Å². The molecule has 3 rings (SSSR count). The van der Waals surface area contributed by atoms with Crippen molar-refractivity contribution in [2.24, 2.45) is 0 Å². The SMILES string of the molecule is Cc1cccc2c1C(=O)OC2(C)Cc1ccc(Cl)cc1. The standard InChI is InChI=1S/C17H15ClO2/c1-11-4-3-5-14-15(11)16(19)20-17(14,2)10-12-6-8-13(18)9-7-12/h3-9H,10H2,1-2H3. The maximum atomic E-state index is 12.1. The zero-order chi connectivity index (χ0) is 14.3. The summed E-state index contributed by atoms with van der Waals surface area (Å²) in [7, 11) is 0. The van der Waals surface area contributed by atoms with Crippen molar-refractivity contribution in [2.75, 3.05) is 0 Å². The highest BCUT2D eigenvalue weighted by atomic mass is 35.5. The average Bonchev–Trinajstić information content (AvgIpc) is 2.65. The van der Waals surface area contributed by atoms with Gasteiger partial charge < -0.3 is 4.74 Å². The van der Waals surface area contributed by atoms with Crippen LogP contribution in [0.3, 0.4) is 0 Å². The van der Waals surface area contributed by atoms with Crippen LogP contribution in [0.5, 0.6) is 0 Å². The molecule has 1 aliphatic rings. The van der Waals surface area contributed by atoms with E-state index in [-0.39, 0.29) is 5.97 Å².